The second-order valence-corrected chi connectivity index (χ2v) is 3.29. The molecule has 0 radical (unpaired) electrons. The van der Waals surface area contributed by atoms with E-state index >= 15 is 0 Å². The van der Waals surface area contributed by atoms with Crippen LogP contribution in [0.5, 0.6) is 11.5 Å². The van der Waals surface area contributed by atoms with Crippen molar-refractivity contribution in [3.05, 3.63) is 24.3 Å². The Kier molecular flexibility index (Phi) is 4.98. The summed E-state index contributed by atoms with van der Waals surface area (Å²) in [6, 6.07) is 6.67. The summed E-state index contributed by atoms with van der Waals surface area (Å²) in [7, 11) is 0. The number of rotatable bonds is 6. The number of phenolic OH excluding ortho intramolecular Hbond substituents is 1. The third-order valence-corrected chi connectivity index (χ3v) is 1.98. The monoisotopic (exact) mass is 210 g/mol. The lowest BCUT2D eigenvalue weighted by molar-refractivity contribution is -0.0798. The zero-order valence-corrected chi connectivity index (χ0v) is 9.27. The molecule has 1 aromatic carbocycles. The summed E-state index contributed by atoms with van der Waals surface area (Å²) in [6.45, 7) is 4.68. The predicted molar refractivity (Wildman–Crippen MR) is 59.1 cm³/mol. The van der Waals surface area contributed by atoms with Crippen LogP contribution in [0.3, 0.4) is 0 Å². The van der Waals surface area contributed by atoms with Crippen LogP contribution in [0.4, 0.5) is 0 Å². The first-order valence-electron chi connectivity index (χ1n) is 5.33. The van der Waals surface area contributed by atoms with Crippen molar-refractivity contribution in [1.82, 2.24) is 0 Å². The molecule has 84 valence electrons. The molecule has 1 N–H and O–H groups in total. The van der Waals surface area contributed by atoms with Crippen LogP contribution in [0, 0.1) is 0 Å². The van der Waals surface area contributed by atoms with Crippen molar-refractivity contribution in [3.8, 4) is 11.5 Å². The molecule has 3 nitrogen and oxygen atoms in total. The molecule has 0 fully saturated rings. The van der Waals surface area contributed by atoms with Gasteiger partial charge >= 0.3 is 0 Å². The molecular formula is C12H18O3. The highest BCUT2D eigenvalue weighted by atomic mass is 16.7. The first kappa shape index (κ1) is 11.9. The fourth-order valence-corrected chi connectivity index (χ4v) is 1.27. The van der Waals surface area contributed by atoms with E-state index < -0.39 is 0 Å². The maximum atomic E-state index is 9.11. The molecule has 0 aliphatic rings. The van der Waals surface area contributed by atoms with Crippen molar-refractivity contribution < 1.29 is 14.6 Å². The van der Waals surface area contributed by atoms with Crippen molar-refractivity contribution in [2.45, 2.75) is 33.0 Å². The average molecular weight is 210 g/mol. The zero-order valence-electron chi connectivity index (χ0n) is 9.27. The lowest BCUT2D eigenvalue weighted by Crippen LogP contribution is -2.20. The molecule has 0 aromatic heterocycles. The maximum absolute atomic E-state index is 9.11. The van der Waals surface area contributed by atoms with Crippen molar-refractivity contribution in [2.75, 3.05) is 6.61 Å². The van der Waals surface area contributed by atoms with E-state index in [0.717, 1.165) is 18.6 Å². The first-order chi connectivity index (χ1) is 7.26. The molecule has 1 unspecified atom stereocenters. The van der Waals surface area contributed by atoms with Gasteiger partial charge in [-0.1, -0.05) is 13.3 Å². The molecule has 1 rings (SSSR count). The highest BCUT2D eigenvalue weighted by molar-refractivity contribution is 5.30. The summed E-state index contributed by atoms with van der Waals surface area (Å²) < 4.78 is 11.0. The molecular weight excluding hydrogens is 192 g/mol. The Bertz CT molecular complexity index is 263. The van der Waals surface area contributed by atoms with Crippen LogP contribution in [0.2, 0.25) is 0 Å². The summed E-state index contributed by atoms with van der Waals surface area (Å²) >= 11 is 0. The first-order valence-corrected chi connectivity index (χ1v) is 5.33. The van der Waals surface area contributed by atoms with Crippen LogP contribution >= 0.6 is 0 Å². The van der Waals surface area contributed by atoms with Gasteiger partial charge in [0.2, 0.25) is 0 Å². The lowest BCUT2D eigenvalue weighted by Gasteiger charge is -2.18. The molecule has 0 amide bonds. The van der Waals surface area contributed by atoms with Crippen LogP contribution in [-0.4, -0.2) is 18.0 Å². The number of hydrogen-bond donors (Lipinski definition) is 1. The lowest BCUT2D eigenvalue weighted by atomic mass is 10.3. The van der Waals surface area contributed by atoms with E-state index in [9.17, 15) is 0 Å². The molecule has 1 aromatic rings. The van der Waals surface area contributed by atoms with E-state index in [2.05, 4.69) is 6.92 Å². The van der Waals surface area contributed by atoms with E-state index in [1.165, 1.54) is 0 Å². The molecule has 1 atom stereocenters. The molecule has 0 aliphatic heterocycles. The molecule has 0 saturated heterocycles. The van der Waals surface area contributed by atoms with E-state index in [0.29, 0.717) is 6.61 Å². The topological polar surface area (TPSA) is 38.7 Å². The minimum Gasteiger partial charge on any atom is -0.508 e. The van der Waals surface area contributed by atoms with Crippen LogP contribution in [0.25, 0.3) is 0 Å². The van der Waals surface area contributed by atoms with E-state index in [-0.39, 0.29) is 12.0 Å². The van der Waals surface area contributed by atoms with Gasteiger partial charge in [0.1, 0.15) is 11.5 Å². The quantitative estimate of drug-likeness (QED) is 0.734. The molecule has 0 saturated carbocycles. The summed E-state index contributed by atoms with van der Waals surface area (Å²) in [6.07, 6.45) is 1.70. The highest BCUT2D eigenvalue weighted by Gasteiger charge is 2.08. The summed E-state index contributed by atoms with van der Waals surface area (Å²) in [5.74, 6) is 0.963. The largest absolute Gasteiger partial charge is 0.508 e. The van der Waals surface area contributed by atoms with Gasteiger partial charge in [-0.3, -0.25) is 0 Å². The van der Waals surface area contributed by atoms with Crippen molar-refractivity contribution in [1.29, 1.82) is 0 Å². The van der Waals surface area contributed by atoms with Crippen LogP contribution in [-0.2, 0) is 4.74 Å². The number of ether oxygens (including phenoxy) is 2. The van der Waals surface area contributed by atoms with Gasteiger partial charge in [0.05, 0.1) is 0 Å². The van der Waals surface area contributed by atoms with Crippen molar-refractivity contribution >= 4 is 0 Å². The normalized spacial score (nSPS) is 12.4. The Labute approximate surface area is 90.6 Å². The molecule has 0 bridgehead atoms. The highest BCUT2D eigenvalue weighted by Crippen LogP contribution is 2.18. The van der Waals surface area contributed by atoms with Gasteiger partial charge in [0, 0.05) is 13.0 Å². The predicted octanol–water partition coefficient (Wildman–Crippen LogP) is 2.93. The van der Waals surface area contributed by atoms with Gasteiger partial charge in [-0.25, -0.2) is 0 Å². The third kappa shape index (κ3) is 4.21. The molecule has 0 spiro atoms. The Balaban J connectivity index is 2.53. The fraction of sp³-hybridized carbons (Fsp3) is 0.500. The van der Waals surface area contributed by atoms with E-state index in [4.69, 9.17) is 14.6 Å². The van der Waals surface area contributed by atoms with Gasteiger partial charge in [0.15, 0.2) is 6.29 Å². The SMILES string of the molecule is CCCC(OCC)Oc1ccc(O)cc1. The average Bonchev–Trinajstić information content (AvgIpc) is 2.22. The van der Waals surface area contributed by atoms with Gasteiger partial charge in [-0.15, -0.1) is 0 Å². The molecule has 15 heavy (non-hydrogen) atoms. The van der Waals surface area contributed by atoms with Crippen molar-refractivity contribution in [2.24, 2.45) is 0 Å². The Morgan fingerprint density at radius 1 is 1.20 bits per heavy atom. The van der Waals surface area contributed by atoms with E-state index in [1.807, 2.05) is 6.92 Å². The van der Waals surface area contributed by atoms with Gasteiger partial charge in [-0.2, -0.15) is 0 Å². The zero-order chi connectivity index (χ0) is 11.1. The third-order valence-electron chi connectivity index (χ3n) is 1.98. The number of aromatic hydroxyl groups is 1. The Morgan fingerprint density at radius 2 is 1.87 bits per heavy atom. The number of phenols is 1. The number of benzene rings is 1. The van der Waals surface area contributed by atoms with Crippen LogP contribution in [0.1, 0.15) is 26.7 Å². The van der Waals surface area contributed by atoms with Gasteiger partial charge < -0.3 is 14.6 Å². The van der Waals surface area contributed by atoms with Crippen LogP contribution < -0.4 is 4.74 Å². The molecule has 0 heterocycles. The summed E-state index contributed by atoms with van der Waals surface area (Å²) in [5, 5.41) is 9.11. The van der Waals surface area contributed by atoms with Gasteiger partial charge in [0.25, 0.3) is 0 Å². The molecule has 0 aliphatic carbocycles. The van der Waals surface area contributed by atoms with Gasteiger partial charge in [-0.05, 0) is 31.2 Å². The van der Waals surface area contributed by atoms with Crippen molar-refractivity contribution in [3.63, 3.8) is 0 Å². The Morgan fingerprint density at radius 3 is 2.40 bits per heavy atom. The number of hydrogen-bond acceptors (Lipinski definition) is 3. The summed E-state index contributed by atoms with van der Waals surface area (Å²) in [4.78, 5) is 0. The minimum absolute atomic E-state index is 0.190. The minimum atomic E-state index is -0.190. The molecule has 3 heteroatoms. The van der Waals surface area contributed by atoms with Crippen LogP contribution in [0.15, 0.2) is 24.3 Å². The standard InChI is InChI=1S/C12H18O3/c1-3-5-12(14-4-2)15-11-8-6-10(13)7-9-11/h6-9,12-13H,3-5H2,1-2H3. The second-order valence-electron chi connectivity index (χ2n) is 3.29. The smallest absolute Gasteiger partial charge is 0.199 e. The second kappa shape index (κ2) is 6.30. The Hall–Kier alpha value is -1.22. The summed E-state index contributed by atoms with van der Waals surface area (Å²) in [5.41, 5.74) is 0. The van der Waals surface area contributed by atoms with E-state index in [1.54, 1.807) is 24.3 Å². The maximum Gasteiger partial charge on any atom is 0.199 e. The fourth-order valence-electron chi connectivity index (χ4n) is 1.27.